The first-order valence-electron chi connectivity index (χ1n) is 6.14. The Morgan fingerprint density at radius 1 is 0.850 bits per heavy atom. The maximum absolute atomic E-state index is 13.5. The molecular formula is C12H16F5NOSi. The molecule has 0 saturated carbocycles. The van der Waals surface area contributed by atoms with Crippen LogP contribution in [0, 0.1) is 29.1 Å². The quantitative estimate of drug-likeness (QED) is 0.371. The predicted molar refractivity (Wildman–Crippen MR) is 68.4 cm³/mol. The molecule has 8 heteroatoms. The molecule has 0 spiro atoms. The number of nitrogens with one attached hydrogen (secondary N) is 1. The van der Waals surface area contributed by atoms with Crippen LogP contribution in [0.4, 0.5) is 27.6 Å². The van der Waals surface area contributed by atoms with E-state index in [-0.39, 0.29) is 6.17 Å². The summed E-state index contributed by atoms with van der Waals surface area (Å²) in [5.41, 5.74) is -1.00. The topological polar surface area (TPSA) is 21.3 Å². The van der Waals surface area contributed by atoms with Gasteiger partial charge in [-0.05, 0) is 12.1 Å². The van der Waals surface area contributed by atoms with Crippen molar-refractivity contribution in [1.82, 2.24) is 0 Å². The molecule has 0 aliphatic rings. The minimum Gasteiger partial charge on any atom is -0.418 e. The van der Waals surface area contributed by atoms with E-state index < -0.39 is 43.1 Å². The van der Waals surface area contributed by atoms with Crippen molar-refractivity contribution in [3.63, 3.8) is 0 Å². The Labute approximate surface area is 115 Å². The Kier molecular flexibility index (Phi) is 5.52. The second-order valence-corrected chi connectivity index (χ2v) is 8.93. The molecule has 0 heterocycles. The van der Waals surface area contributed by atoms with Crippen LogP contribution >= 0.6 is 0 Å². The van der Waals surface area contributed by atoms with E-state index in [9.17, 15) is 22.0 Å². The Hall–Kier alpha value is -1.15. The number of hydrogen-bond donors (Lipinski definition) is 1. The van der Waals surface area contributed by atoms with Crippen molar-refractivity contribution >= 4 is 14.0 Å². The van der Waals surface area contributed by atoms with E-state index in [4.69, 9.17) is 4.43 Å². The molecule has 0 aliphatic heterocycles. The molecule has 2 nitrogen and oxygen atoms in total. The molecule has 1 N–H and O–H groups in total. The third-order valence-electron chi connectivity index (χ3n) is 3.52. The molecule has 0 bridgehead atoms. The van der Waals surface area contributed by atoms with Gasteiger partial charge in [0.25, 0.3) is 0 Å². The van der Waals surface area contributed by atoms with Gasteiger partial charge in [0.05, 0.1) is 0 Å². The van der Waals surface area contributed by atoms with Crippen LogP contribution in [-0.2, 0) is 4.43 Å². The molecule has 0 saturated heterocycles. The lowest BCUT2D eigenvalue weighted by Crippen LogP contribution is -2.43. The molecule has 1 rings (SSSR count). The molecule has 0 atom stereocenters. The summed E-state index contributed by atoms with van der Waals surface area (Å²) in [6, 6.07) is 1.31. The monoisotopic (exact) mass is 313 g/mol. The van der Waals surface area contributed by atoms with E-state index in [0.717, 1.165) is 0 Å². The van der Waals surface area contributed by atoms with Crippen molar-refractivity contribution in [2.24, 2.45) is 0 Å². The highest BCUT2D eigenvalue weighted by molar-refractivity contribution is 6.74. The molecule has 0 aliphatic carbocycles. The maximum Gasteiger partial charge on any atom is 0.210 e. The normalized spacial score (nSPS) is 11.8. The van der Waals surface area contributed by atoms with Crippen LogP contribution in [0.2, 0.25) is 12.1 Å². The van der Waals surface area contributed by atoms with Crippen LogP contribution in [0.5, 0.6) is 0 Å². The van der Waals surface area contributed by atoms with Crippen LogP contribution in [0.3, 0.4) is 0 Å². The van der Waals surface area contributed by atoms with Crippen LogP contribution in [-0.4, -0.2) is 21.6 Å². The SMILES string of the molecule is CC[Si](CC)(CNc1c(F)c(F)c(F)c(F)c1F)OC. The summed E-state index contributed by atoms with van der Waals surface area (Å²) in [5, 5.41) is 2.32. The van der Waals surface area contributed by atoms with Gasteiger partial charge in [-0.15, -0.1) is 0 Å². The van der Waals surface area contributed by atoms with Gasteiger partial charge in [-0.3, -0.25) is 0 Å². The summed E-state index contributed by atoms with van der Waals surface area (Å²) < 4.78 is 71.3. The van der Waals surface area contributed by atoms with E-state index in [1.807, 2.05) is 13.8 Å². The molecule has 1 aromatic carbocycles. The fourth-order valence-electron chi connectivity index (χ4n) is 1.87. The third kappa shape index (κ3) is 2.95. The van der Waals surface area contributed by atoms with Crippen LogP contribution in [0.1, 0.15) is 13.8 Å². The van der Waals surface area contributed by atoms with Crippen molar-refractivity contribution in [1.29, 1.82) is 0 Å². The maximum atomic E-state index is 13.5. The molecule has 0 aromatic heterocycles. The minimum absolute atomic E-state index is 0.0643. The van der Waals surface area contributed by atoms with Gasteiger partial charge in [0, 0.05) is 13.3 Å². The summed E-state index contributed by atoms with van der Waals surface area (Å²) in [6.07, 6.45) is 0.0643. The smallest absolute Gasteiger partial charge is 0.210 e. The molecule has 1 aromatic rings. The van der Waals surface area contributed by atoms with Crippen molar-refractivity contribution in [2.45, 2.75) is 25.9 Å². The Morgan fingerprint density at radius 3 is 1.60 bits per heavy atom. The van der Waals surface area contributed by atoms with Crippen LogP contribution in [0.25, 0.3) is 0 Å². The first kappa shape index (κ1) is 16.9. The van der Waals surface area contributed by atoms with Gasteiger partial charge < -0.3 is 9.74 Å². The number of benzene rings is 1. The zero-order valence-electron chi connectivity index (χ0n) is 11.4. The lowest BCUT2D eigenvalue weighted by Gasteiger charge is -2.28. The zero-order valence-corrected chi connectivity index (χ0v) is 12.4. The Morgan fingerprint density at radius 2 is 1.25 bits per heavy atom. The lowest BCUT2D eigenvalue weighted by atomic mass is 10.2. The average Bonchev–Trinajstić information content (AvgIpc) is 2.47. The molecule has 0 radical (unpaired) electrons. The summed E-state index contributed by atoms with van der Waals surface area (Å²) in [4.78, 5) is 0. The van der Waals surface area contributed by atoms with Gasteiger partial charge in [0.1, 0.15) is 5.69 Å². The Balaban J connectivity index is 3.11. The van der Waals surface area contributed by atoms with E-state index in [1.165, 1.54) is 7.11 Å². The molecule has 114 valence electrons. The van der Waals surface area contributed by atoms with Crippen LogP contribution < -0.4 is 5.32 Å². The number of anilines is 1. The Bertz CT molecular complexity index is 456. The highest BCUT2D eigenvalue weighted by Gasteiger charge is 2.32. The highest BCUT2D eigenvalue weighted by Crippen LogP contribution is 2.28. The van der Waals surface area contributed by atoms with Gasteiger partial charge in [-0.25, -0.2) is 22.0 Å². The molecule has 0 amide bonds. The molecule has 0 unspecified atom stereocenters. The molecular weight excluding hydrogens is 297 g/mol. The van der Waals surface area contributed by atoms with Crippen LogP contribution in [0.15, 0.2) is 0 Å². The standard InChI is InChI=1S/C12H16F5NOSi/c1-4-20(5-2,19-3)6-18-12-10(16)8(14)7(13)9(15)11(12)17/h18H,4-6H2,1-3H3. The van der Waals surface area contributed by atoms with Crippen molar-refractivity contribution in [2.75, 3.05) is 18.6 Å². The van der Waals surface area contributed by atoms with Gasteiger partial charge >= 0.3 is 0 Å². The van der Waals surface area contributed by atoms with Gasteiger partial charge in [0.2, 0.25) is 14.1 Å². The second-order valence-electron chi connectivity index (χ2n) is 4.39. The number of hydrogen-bond acceptors (Lipinski definition) is 2. The van der Waals surface area contributed by atoms with Gasteiger partial charge in [-0.1, -0.05) is 13.8 Å². The zero-order chi connectivity index (χ0) is 15.5. The predicted octanol–water partition coefficient (Wildman–Crippen LogP) is 3.96. The summed E-state index contributed by atoms with van der Waals surface area (Å²) >= 11 is 0. The minimum atomic E-state index is -2.28. The van der Waals surface area contributed by atoms with Crippen molar-refractivity contribution in [3.8, 4) is 0 Å². The highest BCUT2D eigenvalue weighted by atomic mass is 28.4. The third-order valence-corrected chi connectivity index (χ3v) is 7.78. The van der Waals surface area contributed by atoms with Gasteiger partial charge in [0.15, 0.2) is 23.3 Å². The summed E-state index contributed by atoms with van der Waals surface area (Å²) in [7, 11) is -0.792. The van der Waals surface area contributed by atoms with Crippen molar-refractivity contribution in [3.05, 3.63) is 29.1 Å². The first-order valence-corrected chi connectivity index (χ1v) is 8.67. The summed E-state index contributed by atoms with van der Waals surface area (Å²) in [6.45, 7) is 3.72. The second kappa shape index (κ2) is 6.53. The van der Waals surface area contributed by atoms with E-state index >= 15 is 0 Å². The lowest BCUT2D eigenvalue weighted by molar-refractivity contribution is 0.380. The van der Waals surface area contributed by atoms with Gasteiger partial charge in [-0.2, -0.15) is 0 Å². The molecule has 20 heavy (non-hydrogen) atoms. The number of halogens is 5. The average molecular weight is 313 g/mol. The number of rotatable bonds is 6. The van der Waals surface area contributed by atoms with E-state index in [0.29, 0.717) is 12.1 Å². The summed E-state index contributed by atoms with van der Waals surface area (Å²) in [5.74, 6) is -9.78. The van der Waals surface area contributed by atoms with E-state index in [2.05, 4.69) is 5.32 Å². The molecule has 0 fully saturated rings. The van der Waals surface area contributed by atoms with Crippen molar-refractivity contribution < 1.29 is 26.4 Å². The first-order chi connectivity index (χ1) is 9.33. The fourth-order valence-corrected chi connectivity index (χ4v) is 4.09. The fraction of sp³-hybridized carbons (Fsp3) is 0.500. The van der Waals surface area contributed by atoms with E-state index in [1.54, 1.807) is 0 Å². The largest absolute Gasteiger partial charge is 0.418 e.